The molecule has 2 nitrogen and oxygen atoms in total. The summed E-state index contributed by atoms with van der Waals surface area (Å²) >= 11 is 0. The number of nitrogens with two attached hydrogens (primary N) is 1. The Kier molecular flexibility index (Phi) is 2.13. The van der Waals surface area contributed by atoms with Crippen molar-refractivity contribution in [2.24, 2.45) is 23.5 Å². The molecule has 1 aromatic heterocycles. The van der Waals surface area contributed by atoms with Crippen LogP contribution in [0, 0.1) is 24.7 Å². The largest absolute Gasteiger partial charge is 0.459 e. The fourth-order valence-corrected chi connectivity index (χ4v) is 3.95. The number of fused-ring (bicyclic) bond motifs is 2. The standard InChI is InChI=1S/C16H19NO/c1-9-5-6-13-10(7-9)8-14(18-13)16(17)15-11-3-2-4-12(11)15/h5-8,11-12,15-16H,2-4,17H2,1H3. The molecule has 1 heterocycles. The molecule has 2 aliphatic carbocycles. The summed E-state index contributed by atoms with van der Waals surface area (Å²) in [4.78, 5) is 0. The van der Waals surface area contributed by atoms with Crippen molar-refractivity contribution in [2.75, 3.05) is 0 Å². The maximum Gasteiger partial charge on any atom is 0.134 e. The molecule has 0 spiro atoms. The summed E-state index contributed by atoms with van der Waals surface area (Å²) in [6, 6.07) is 8.55. The molecule has 1 aromatic carbocycles. The topological polar surface area (TPSA) is 39.2 Å². The van der Waals surface area contributed by atoms with Crippen LogP contribution in [0.3, 0.4) is 0 Å². The van der Waals surface area contributed by atoms with Gasteiger partial charge in [0.15, 0.2) is 0 Å². The van der Waals surface area contributed by atoms with Gasteiger partial charge in [0.25, 0.3) is 0 Å². The van der Waals surface area contributed by atoms with E-state index in [0.717, 1.165) is 23.2 Å². The van der Waals surface area contributed by atoms with E-state index >= 15 is 0 Å². The first-order valence-corrected chi connectivity index (χ1v) is 7.00. The number of furan rings is 1. The third-order valence-electron chi connectivity index (χ3n) is 4.91. The first-order valence-electron chi connectivity index (χ1n) is 7.00. The molecular formula is C16H19NO. The second kappa shape index (κ2) is 3.61. The summed E-state index contributed by atoms with van der Waals surface area (Å²) in [6.07, 6.45) is 4.16. The molecule has 3 unspecified atom stereocenters. The van der Waals surface area contributed by atoms with Crippen molar-refractivity contribution in [3.05, 3.63) is 35.6 Å². The summed E-state index contributed by atoms with van der Waals surface area (Å²) in [6.45, 7) is 2.11. The lowest BCUT2D eigenvalue weighted by Gasteiger charge is -2.10. The van der Waals surface area contributed by atoms with Crippen LogP contribution in [0.5, 0.6) is 0 Å². The average Bonchev–Trinajstić information content (AvgIpc) is 2.77. The number of benzene rings is 1. The van der Waals surface area contributed by atoms with Gasteiger partial charge in [-0.1, -0.05) is 18.1 Å². The van der Waals surface area contributed by atoms with Gasteiger partial charge in [-0.15, -0.1) is 0 Å². The third-order valence-corrected chi connectivity index (χ3v) is 4.91. The predicted molar refractivity (Wildman–Crippen MR) is 72.2 cm³/mol. The minimum Gasteiger partial charge on any atom is -0.459 e. The quantitative estimate of drug-likeness (QED) is 0.868. The maximum absolute atomic E-state index is 6.40. The second-order valence-electron chi connectivity index (χ2n) is 6.05. The van der Waals surface area contributed by atoms with Gasteiger partial charge in [0.1, 0.15) is 11.3 Å². The molecule has 2 aromatic rings. The Bertz CT molecular complexity index is 590. The number of hydrogen-bond acceptors (Lipinski definition) is 2. The van der Waals surface area contributed by atoms with E-state index in [2.05, 4.69) is 31.2 Å². The maximum atomic E-state index is 6.40. The molecule has 0 radical (unpaired) electrons. The molecule has 2 fully saturated rings. The van der Waals surface area contributed by atoms with Gasteiger partial charge < -0.3 is 10.2 Å². The van der Waals surface area contributed by atoms with E-state index in [4.69, 9.17) is 10.2 Å². The summed E-state index contributed by atoms with van der Waals surface area (Å²) < 4.78 is 5.93. The molecule has 2 N–H and O–H groups in total. The lowest BCUT2D eigenvalue weighted by atomic mass is 10.0. The highest BCUT2D eigenvalue weighted by molar-refractivity contribution is 5.78. The molecule has 0 bridgehead atoms. The van der Waals surface area contributed by atoms with Crippen molar-refractivity contribution in [3.63, 3.8) is 0 Å². The van der Waals surface area contributed by atoms with Crippen LogP contribution in [0.25, 0.3) is 11.0 Å². The monoisotopic (exact) mass is 241 g/mol. The van der Waals surface area contributed by atoms with Crippen LogP contribution in [0.4, 0.5) is 0 Å². The minimum absolute atomic E-state index is 0.105. The first kappa shape index (κ1) is 10.6. The van der Waals surface area contributed by atoms with Crippen molar-refractivity contribution in [1.82, 2.24) is 0 Å². The molecule has 3 atom stereocenters. The van der Waals surface area contributed by atoms with Gasteiger partial charge in [-0.05, 0) is 55.7 Å². The van der Waals surface area contributed by atoms with Crippen LogP contribution < -0.4 is 5.73 Å². The van der Waals surface area contributed by atoms with E-state index in [1.54, 1.807) is 0 Å². The number of hydrogen-bond donors (Lipinski definition) is 1. The van der Waals surface area contributed by atoms with E-state index in [1.165, 1.54) is 30.2 Å². The lowest BCUT2D eigenvalue weighted by Crippen LogP contribution is -2.14. The van der Waals surface area contributed by atoms with Crippen LogP contribution in [-0.4, -0.2) is 0 Å². The summed E-state index contributed by atoms with van der Waals surface area (Å²) in [7, 11) is 0. The van der Waals surface area contributed by atoms with Gasteiger partial charge in [0.05, 0.1) is 6.04 Å². The van der Waals surface area contributed by atoms with Crippen LogP contribution in [0.2, 0.25) is 0 Å². The van der Waals surface area contributed by atoms with E-state index < -0.39 is 0 Å². The molecule has 18 heavy (non-hydrogen) atoms. The normalized spacial score (nSPS) is 31.6. The summed E-state index contributed by atoms with van der Waals surface area (Å²) in [5.74, 6) is 3.43. The van der Waals surface area contributed by atoms with Gasteiger partial charge in [-0.3, -0.25) is 0 Å². The highest BCUT2D eigenvalue weighted by atomic mass is 16.3. The van der Waals surface area contributed by atoms with Gasteiger partial charge in [-0.2, -0.15) is 0 Å². The number of aryl methyl sites for hydroxylation is 1. The number of rotatable bonds is 2. The van der Waals surface area contributed by atoms with Crippen LogP contribution in [-0.2, 0) is 0 Å². The molecular weight excluding hydrogens is 222 g/mol. The van der Waals surface area contributed by atoms with Gasteiger partial charge >= 0.3 is 0 Å². The van der Waals surface area contributed by atoms with E-state index in [9.17, 15) is 0 Å². The average molecular weight is 241 g/mol. The van der Waals surface area contributed by atoms with Gasteiger partial charge in [0.2, 0.25) is 0 Å². The summed E-state index contributed by atoms with van der Waals surface area (Å²) in [5, 5.41) is 1.19. The van der Waals surface area contributed by atoms with E-state index in [0.29, 0.717) is 5.92 Å². The fourth-order valence-electron chi connectivity index (χ4n) is 3.95. The summed E-state index contributed by atoms with van der Waals surface area (Å²) in [5.41, 5.74) is 8.64. The Balaban J connectivity index is 1.66. The SMILES string of the molecule is Cc1ccc2oc(C(N)C3C4CCCC43)cc2c1. The Hall–Kier alpha value is -1.28. The minimum atomic E-state index is 0.105. The Labute approximate surface area is 107 Å². The van der Waals surface area contributed by atoms with E-state index in [1.807, 2.05) is 0 Å². The highest BCUT2D eigenvalue weighted by Crippen LogP contribution is 2.61. The van der Waals surface area contributed by atoms with Crippen LogP contribution >= 0.6 is 0 Å². The molecule has 0 amide bonds. The van der Waals surface area contributed by atoms with Crippen LogP contribution in [0.1, 0.15) is 36.6 Å². The zero-order valence-electron chi connectivity index (χ0n) is 10.7. The van der Waals surface area contributed by atoms with Gasteiger partial charge in [0, 0.05) is 5.39 Å². The zero-order chi connectivity index (χ0) is 12.3. The Morgan fingerprint density at radius 3 is 2.78 bits per heavy atom. The smallest absolute Gasteiger partial charge is 0.134 e. The lowest BCUT2D eigenvalue weighted by molar-refractivity contribution is 0.422. The highest BCUT2D eigenvalue weighted by Gasteiger charge is 2.55. The van der Waals surface area contributed by atoms with Crippen molar-refractivity contribution in [1.29, 1.82) is 0 Å². The van der Waals surface area contributed by atoms with Crippen LogP contribution in [0.15, 0.2) is 28.7 Å². The van der Waals surface area contributed by atoms with Crippen molar-refractivity contribution >= 4 is 11.0 Å². The molecule has 0 aliphatic heterocycles. The van der Waals surface area contributed by atoms with E-state index in [-0.39, 0.29) is 6.04 Å². The third kappa shape index (κ3) is 1.45. The molecule has 0 saturated heterocycles. The molecule has 2 aliphatic rings. The van der Waals surface area contributed by atoms with Crippen molar-refractivity contribution in [2.45, 2.75) is 32.2 Å². The molecule has 2 heteroatoms. The molecule has 4 rings (SSSR count). The zero-order valence-corrected chi connectivity index (χ0v) is 10.7. The molecule has 94 valence electrons. The van der Waals surface area contributed by atoms with Crippen molar-refractivity contribution < 1.29 is 4.42 Å². The second-order valence-corrected chi connectivity index (χ2v) is 6.05. The predicted octanol–water partition coefficient (Wildman–Crippen LogP) is 3.79. The molecule has 2 saturated carbocycles. The van der Waals surface area contributed by atoms with Gasteiger partial charge in [-0.25, -0.2) is 0 Å². The first-order chi connectivity index (χ1) is 8.74. The fraction of sp³-hybridized carbons (Fsp3) is 0.500. The Morgan fingerprint density at radius 2 is 2.00 bits per heavy atom. The van der Waals surface area contributed by atoms with Crippen molar-refractivity contribution in [3.8, 4) is 0 Å². The Morgan fingerprint density at radius 1 is 1.22 bits per heavy atom.